The summed E-state index contributed by atoms with van der Waals surface area (Å²) in [5.74, 6) is 0. The molecule has 0 saturated carbocycles. The molecular formula is C20H41N. The molecule has 0 aliphatic rings. The minimum absolute atomic E-state index is 0.699. The van der Waals surface area contributed by atoms with Gasteiger partial charge in [-0.3, -0.25) is 0 Å². The zero-order valence-electron chi connectivity index (χ0n) is 15.1. The third kappa shape index (κ3) is 15.7. The Balaban J connectivity index is 3.40. The molecule has 0 aliphatic heterocycles. The van der Waals surface area contributed by atoms with Crippen molar-refractivity contribution in [2.75, 3.05) is 0 Å². The van der Waals surface area contributed by atoms with Crippen LogP contribution in [0.4, 0.5) is 0 Å². The minimum Gasteiger partial charge on any atom is -0.388 e. The van der Waals surface area contributed by atoms with Gasteiger partial charge < -0.3 is 5.32 Å². The van der Waals surface area contributed by atoms with Crippen molar-refractivity contribution in [3.05, 3.63) is 12.3 Å². The fourth-order valence-electron chi connectivity index (χ4n) is 2.79. The number of hydrogen-bond acceptors (Lipinski definition) is 1. The number of unbranched alkanes of at least 4 members (excludes halogenated alkanes) is 9. The molecule has 1 nitrogen and oxygen atoms in total. The Morgan fingerprint density at radius 1 is 0.667 bits per heavy atom. The molecule has 0 spiro atoms. The Morgan fingerprint density at radius 2 is 1.29 bits per heavy atom. The van der Waals surface area contributed by atoms with Gasteiger partial charge in [-0.2, -0.15) is 0 Å². The van der Waals surface area contributed by atoms with Crippen LogP contribution in [0.15, 0.2) is 12.3 Å². The highest BCUT2D eigenvalue weighted by Gasteiger charge is 2.03. The van der Waals surface area contributed by atoms with Gasteiger partial charge in [0.25, 0.3) is 0 Å². The van der Waals surface area contributed by atoms with Gasteiger partial charge in [-0.1, -0.05) is 91.1 Å². The maximum absolute atomic E-state index is 3.60. The SMILES string of the molecule is CCCCCCCCCC/C=C\NC(CCC)CCCC. The zero-order valence-corrected chi connectivity index (χ0v) is 15.1. The van der Waals surface area contributed by atoms with Crippen LogP contribution in [0.25, 0.3) is 0 Å². The largest absolute Gasteiger partial charge is 0.388 e. The lowest BCUT2D eigenvalue weighted by Crippen LogP contribution is -2.23. The highest BCUT2D eigenvalue weighted by atomic mass is 14.9. The molecule has 0 fully saturated rings. The van der Waals surface area contributed by atoms with Crippen LogP contribution < -0.4 is 5.32 Å². The van der Waals surface area contributed by atoms with Gasteiger partial charge in [0.05, 0.1) is 0 Å². The van der Waals surface area contributed by atoms with Crippen LogP contribution >= 0.6 is 0 Å². The Bertz CT molecular complexity index is 210. The Hall–Kier alpha value is -0.460. The highest BCUT2D eigenvalue weighted by molar-refractivity contribution is 4.83. The highest BCUT2D eigenvalue weighted by Crippen LogP contribution is 2.10. The summed E-state index contributed by atoms with van der Waals surface area (Å²) in [6, 6.07) is 0.699. The summed E-state index contributed by atoms with van der Waals surface area (Å²) in [6.07, 6.45) is 23.7. The molecule has 0 saturated heterocycles. The molecule has 1 atom stereocenters. The van der Waals surface area contributed by atoms with Crippen LogP contribution in [0.1, 0.15) is 111 Å². The van der Waals surface area contributed by atoms with Crippen molar-refractivity contribution in [3.63, 3.8) is 0 Å². The third-order valence-electron chi connectivity index (χ3n) is 4.22. The molecule has 0 aromatic carbocycles. The van der Waals surface area contributed by atoms with Gasteiger partial charge in [0.2, 0.25) is 0 Å². The Labute approximate surface area is 135 Å². The van der Waals surface area contributed by atoms with E-state index in [1.54, 1.807) is 0 Å². The van der Waals surface area contributed by atoms with Crippen LogP contribution in [0.3, 0.4) is 0 Å². The molecule has 0 aromatic rings. The fraction of sp³-hybridized carbons (Fsp3) is 0.900. The molecule has 0 aliphatic carbocycles. The standard InChI is InChI=1S/C20H41N/c1-4-7-9-10-11-12-13-14-15-16-19-21-20(17-6-3)18-8-5-2/h16,19-21H,4-15,17-18H2,1-3H3/b19-16-. The van der Waals surface area contributed by atoms with Crippen LogP contribution in [-0.4, -0.2) is 6.04 Å². The van der Waals surface area contributed by atoms with Crippen molar-refractivity contribution < 1.29 is 0 Å². The van der Waals surface area contributed by atoms with Gasteiger partial charge in [0, 0.05) is 6.04 Å². The summed E-state index contributed by atoms with van der Waals surface area (Å²) in [5.41, 5.74) is 0. The molecule has 1 N–H and O–H groups in total. The molecule has 126 valence electrons. The average Bonchev–Trinajstić information content (AvgIpc) is 2.50. The van der Waals surface area contributed by atoms with Gasteiger partial charge in [0.1, 0.15) is 0 Å². The summed E-state index contributed by atoms with van der Waals surface area (Å²) in [5, 5.41) is 3.60. The molecule has 0 amide bonds. The molecule has 0 radical (unpaired) electrons. The quantitative estimate of drug-likeness (QED) is 0.303. The third-order valence-corrected chi connectivity index (χ3v) is 4.22. The molecule has 1 heteroatoms. The average molecular weight is 296 g/mol. The summed E-state index contributed by atoms with van der Waals surface area (Å²) in [4.78, 5) is 0. The van der Waals surface area contributed by atoms with E-state index in [4.69, 9.17) is 0 Å². The van der Waals surface area contributed by atoms with Crippen molar-refractivity contribution >= 4 is 0 Å². The van der Waals surface area contributed by atoms with E-state index in [0.29, 0.717) is 6.04 Å². The lowest BCUT2D eigenvalue weighted by atomic mass is 10.1. The molecule has 0 heterocycles. The Morgan fingerprint density at radius 3 is 1.90 bits per heavy atom. The van der Waals surface area contributed by atoms with Crippen molar-refractivity contribution in [1.29, 1.82) is 0 Å². The van der Waals surface area contributed by atoms with Crippen LogP contribution in [0, 0.1) is 0 Å². The van der Waals surface area contributed by atoms with Crippen LogP contribution in [0.5, 0.6) is 0 Å². The second-order valence-corrected chi connectivity index (χ2v) is 6.46. The van der Waals surface area contributed by atoms with Crippen molar-refractivity contribution in [2.45, 2.75) is 117 Å². The smallest absolute Gasteiger partial charge is 0.0255 e. The van der Waals surface area contributed by atoms with E-state index >= 15 is 0 Å². The second-order valence-electron chi connectivity index (χ2n) is 6.46. The van der Waals surface area contributed by atoms with Crippen molar-refractivity contribution in [2.24, 2.45) is 0 Å². The second kappa shape index (κ2) is 17.6. The molecular weight excluding hydrogens is 254 g/mol. The number of allylic oxidation sites excluding steroid dienone is 1. The molecule has 0 aromatic heterocycles. The lowest BCUT2D eigenvalue weighted by Gasteiger charge is -2.15. The van der Waals surface area contributed by atoms with E-state index in [9.17, 15) is 0 Å². The summed E-state index contributed by atoms with van der Waals surface area (Å²) < 4.78 is 0. The van der Waals surface area contributed by atoms with Gasteiger partial charge in [0.15, 0.2) is 0 Å². The first-order valence-corrected chi connectivity index (χ1v) is 9.76. The minimum atomic E-state index is 0.699. The Kier molecular flexibility index (Phi) is 17.2. The first-order valence-electron chi connectivity index (χ1n) is 9.76. The van der Waals surface area contributed by atoms with Gasteiger partial charge in [-0.15, -0.1) is 0 Å². The predicted octanol–water partition coefficient (Wildman–Crippen LogP) is 6.98. The monoisotopic (exact) mass is 295 g/mol. The molecule has 0 rings (SSSR count). The lowest BCUT2D eigenvalue weighted by molar-refractivity contribution is 0.481. The van der Waals surface area contributed by atoms with Crippen molar-refractivity contribution in [3.8, 4) is 0 Å². The fourth-order valence-corrected chi connectivity index (χ4v) is 2.79. The van der Waals surface area contributed by atoms with Crippen LogP contribution in [-0.2, 0) is 0 Å². The summed E-state index contributed by atoms with van der Waals surface area (Å²) in [7, 11) is 0. The topological polar surface area (TPSA) is 12.0 Å². The van der Waals surface area contributed by atoms with E-state index in [1.165, 1.54) is 89.9 Å². The van der Waals surface area contributed by atoms with E-state index < -0.39 is 0 Å². The van der Waals surface area contributed by atoms with Crippen molar-refractivity contribution in [1.82, 2.24) is 5.32 Å². The van der Waals surface area contributed by atoms with E-state index in [0.717, 1.165) is 0 Å². The maximum atomic E-state index is 3.60. The van der Waals surface area contributed by atoms with Gasteiger partial charge in [-0.05, 0) is 31.9 Å². The summed E-state index contributed by atoms with van der Waals surface area (Å²) in [6.45, 7) is 6.85. The number of rotatable bonds is 16. The predicted molar refractivity (Wildman–Crippen MR) is 97.7 cm³/mol. The zero-order chi connectivity index (χ0) is 15.6. The van der Waals surface area contributed by atoms with Gasteiger partial charge >= 0.3 is 0 Å². The number of hydrogen-bond donors (Lipinski definition) is 1. The van der Waals surface area contributed by atoms with Gasteiger partial charge in [-0.25, -0.2) is 0 Å². The normalized spacial score (nSPS) is 12.9. The maximum Gasteiger partial charge on any atom is 0.0255 e. The number of nitrogens with one attached hydrogen (secondary N) is 1. The molecule has 0 bridgehead atoms. The molecule has 1 unspecified atom stereocenters. The van der Waals surface area contributed by atoms with E-state index in [1.807, 2.05) is 0 Å². The first kappa shape index (κ1) is 20.5. The first-order chi connectivity index (χ1) is 10.3. The van der Waals surface area contributed by atoms with Crippen LogP contribution in [0.2, 0.25) is 0 Å². The molecule has 21 heavy (non-hydrogen) atoms. The van der Waals surface area contributed by atoms with E-state index in [2.05, 4.69) is 38.4 Å². The summed E-state index contributed by atoms with van der Waals surface area (Å²) >= 11 is 0. The van der Waals surface area contributed by atoms with E-state index in [-0.39, 0.29) is 0 Å².